The summed E-state index contributed by atoms with van der Waals surface area (Å²) in [6, 6.07) is 1.16. The summed E-state index contributed by atoms with van der Waals surface area (Å²) in [5.74, 6) is 1.59. The highest BCUT2D eigenvalue weighted by Gasteiger charge is 2.20. The van der Waals surface area contributed by atoms with Crippen LogP contribution in [0.25, 0.3) is 0 Å². The van der Waals surface area contributed by atoms with E-state index in [2.05, 4.69) is 31.0 Å². The van der Waals surface area contributed by atoms with Crippen molar-refractivity contribution in [1.29, 1.82) is 0 Å². The fourth-order valence-electron chi connectivity index (χ4n) is 2.63. The molecule has 1 aliphatic heterocycles. The monoisotopic (exact) mass is 274 g/mol. The van der Waals surface area contributed by atoms with Crippen LogP contribution in [0, 0.1) is 5.92 Å². The van der Waals surface area contributed by atoms with E-state index in [0.717, 1.165) is 18.1 Å². The molecule has 4 heteroatoms. The summed E-state index contributed by atoms with van der Waals surface area (Å²) in [6.45, 7) is 10.5. The van der Waals surface area contributed by atoms with E-state index in [9.17, 15) is 4.21 Å². The van der Waals surface area contributed by atoms with Crippen molar-refractivity contribution >= 4 is 10.8 Å². The zero-order valence-electron chi connectivity index (χ0n) is 12.4. The molecule has 0 bridgehead atoms. The Hall–Kier alpha value is 0.0700. The van der Waals surface area contributed by atoms with Crippen molar-refractivity contribution in [2.75, 3.05) is 31.6 Å². The molecule has 2 unspecified atom stereocenters. The first-order valence-electron chi connectivity index (χ1n) is 7.25. The van der Waals surface area contributed by atoms with E-state index in [0.29, 0.717) is 12.1 Å². The van der Waals surface area contributed by atoms with Gasteiger partial charge in [0.2, 0.25) is 0 Å². The molecule has 0 amide bonds. The number of nitrogens with one attached hydrogen (secondary N) is 1. The van der Waals surface area contributed by atoms with Gasteiger partial charge >= 0.3 is 0 Å². The normalized spacial score (nSPS) is 22.3. The molecular weight excluding hydrogens is 244 g/mol. The molecule has 1 N–H and O–H groups in total. The van der Waals surface area contributed by atoms with Gasteiger partial charge in [0, 0.05) is 41.4 Å². The van der Waals surface area contributed by atoms with Crippen molar-refractivity contribution in [1.82, 2.24) is 10.2 Å². The Morgan fingerprint density at radius 2 is 1.89 bits per heavy atom. The lowest BCUT2D eigenvalue weighted by molar-refractivity contribution is 0.175. The average molecular weight is 274 g/mol. The lowest BCUT2D eigenvalue weighted by atomic mass is 10.0. The van der Waals surface area contributed by atoms with Gasteiger partial charge in [0.25, 0.3) is 0 Å². The summed E-state index contributed by atoms with van der Waals surface area (Å²) in [4.78, 5) is 2.58. The maximum atomic E-state index is 11.1. The van der Waals surface area contributed by atoms with Crippen LogP contribution in [0.2, 0.25) is 0 Å². The highest BCUT2D eigenvalue weighted by Crippen LogP contribution is 2.13. The Morgan fingerprint density at radius 1 is 1.28 bits per heavy atom. The van der Waals surface area contributed by atoms with Gasteiger partial charge in [0.15, 0.2) is 0 Å². The predicted octanol–water partition coefficient (Wildman–Crippen LogP) is 1.85. The summed E-state index contributed by atoms with van der Waals surface area (Å²) in [7, 11) is -0.653. The van der Waals surface area contributed by atoms with Gasteiger partial charge in [-0.1, -0.05) is 13.8 Å². The van der Waals surface area contributed by atoms with E-state index >= 15 is 0 Å². The minimum Gasteiger partial charge on any atom is -0.311 e. The largest absolute Gasteiger partial charge is 0.311 e. The van der Waals surface area contributed by atoms with Gasteiger partial charge < -0.3 is 10.2 Å². The molecule has 1 rings (SSSR count). The van der Waals surface area contributed by atoms with Crippen LogP contribution >= 0.6 is 0 Å². The molecule has 2 atom stereocenters. The number of nitrogens with zero attached hydrogens (tertiary/aromatic N) is 1. The first-order valence-corrected chi connectivity index (χ1v) is 8.98. The van der Waals surface area contributed by atoms with Crippen molar-refractivity contribution in [3.8, 4) is 0 Å². The quantitative estimate of drug-likeness (QED) is 0.769. The zero-order chi connectivity index (χ0) is 13.5. The maximum Gasteiger partial charge on any atom is 0.0246 e. The highest BCUT2D eigenvalue weighted by molar-refractivity contribution is 7.84. The zero-order valence-corrected chi connectivity index (χ0v) is 13.3. The van der Waals surface area contributed by atoms with E-state index in [4.69, 9.17) is 0 Å². The third kappa shape index (κ3) is 6.86. The van der Waals surface area contributed by atoms with Crippen molar-refractivity contribution in [2.45, 2.75) is 52.1 Å². The Morgan fingerprint density at radius 3 is 2.39 bits per heavy atom. The molecule has 1 heterocycles. The maximum absolute atomic E-state index is 11.1. The molecule has 0 aliphatic carbocycles. The molecule has 1 fully saturated rings. The predicted molar refractivity (Wildman–Crippen MR) is 80.4 cm³/mol. The molecule has 0 aromatic carbocycles. The Bertz CT molecular complexity index is 250. The molecule has 0 spiro atoms. The van der Waals surface area contributed by atoms with Gasteiger partial charge in [0.1, 0.15) is 0 Å². The van der Waals surface area contributed by atoms with Crippen LogP contribution in [0.5, 0.6) is 0 Å². The summed E-state index contributed by atoms with van der Waals surface area (Å²) >= 11 is 0. The topological polar surface area (TPSA) is 32.3 Å². The SMILES string of the molecule is CC(C)CN1CCC(NC(C)CCS(C)=O)CC1. The minimum absolute atomic E-state index is 0.496. The molecule has 1 aliphatic rings. The smallest absolute Gasteiger partial charge is 0.0246 e. The minimum atomic E-state index is -0.653. The van der Waals surface area contributed by atoms with Crippen LogP contribution < -0.4 is 5.32 Å². The molecule has 18 heavy (non-hydrogen) atoms. The van der Waals surface area contributed by atoms with Crippen LogP contribution in [-0.2, 0) is 10.8 Å². The lowest BCUT2D eigenvalue weighted by Gasteiger charge is -2.34. The first kappa shape index (κ1) is 16.1. The summed E-state index contributed by atoms with van der Waals surface area (Å²) in [5, 5.41) is 3.69. The van der Waals surface area contributed by atoms with E-state index in [1.165, 1.54) is 32.5 Å². The van der Waals surface area contributed by atoms with E-state index in [1.807, 2.05) is 0 Å². The van der Waals surface area contributed by atoms with Crippen LogP contribution in [0.4, 0.5) is 0 Å². The number of hydrogen-bond acceptors (Lipinski definition) is 3. The summed E-state index contributed by atoms with van der Waals surface area (Å²) < 4.78 is 11.1. The van der Waals surface area contributed by atoms with Crippen molar-refractivity contribution in [3.63, 3.8) is 0 Å². The third-order valence-corrected chi connectivity index (χ3v) is 4.38. The second-order valence-corrected chi connectivity index (χ2v) is 7.66. The molecule has 108 valence electrons. The first-order chi connectivity index (χ1) is 8.47. The van der Waals surface area contributed by atoms with Crippen molar-refractivity contribution in [2.24, 2.45) is 5.92 Å². The molecule has 1 saturated heterocycles. The van der Waals surface area contributed by atoms with Gasteiger partial charge in [-0.15, -0.1) is 0 Å². The number of hydrogen-bond donors (Lipinski definition) is 1. The van der Waals surface area contributed by atoms with E-state index in [1.54, 1.807) is 6.26 Å². The number of likely N-dealkylation sites (tertiary alicyclic amines) is 1. The standard InChI is InChI=1S/C14H30N2OS/c1-12(2)11-16-8-5-14(6-9-16)15-13(3)7-10-18(4)17/h12-15H,5-11H2,1-4H3. The summed E-state index contributed by atoms with van der Waals surface area (Å²) in [5.41, 5.74) is 0. The second-order valence-electron chi connectivity index (χ2n) is 6.10. The number of rotatable bonds is 7. The molecule has 0 saturated carbocycles. The van der Waals surface area contributed by atoms with E-state index < -0.39 is 10.8 Å². The van der Waals surface area contributed by atoms with E-state index in [-0.39, 0.29) is 0 Å². The third-order valence-electron chi connectivity index (χ3n) is 3.57. The van der Waals surface area contributed by atoms with Crippen LogP contribution in [0.1, 0.15) is 40.0 Å². The van der Waals surface area contributed by atoms with Gasteiger partial charge in [-0.2, -0.15) is 0 Å². The van der Waals surface area contributed by atoms with Gasteiger partial charge in [-0.25, -0.2) is 0 Å². The fraction of sp³-hybridized carbons (Fsp3) is 1.00. The number of piperidine rings is 1. The van der Waals surface area contributed by atoms with Gasteiger partial charge in [-0.3, -0.25) is 4.21 Å². The van der Waals surface area contributed by atoms with Crippen LogP contribution in [-0.4, -0.2) is 52.8 Å². The Balaban J connectivity index is 2.16. The van der Waals surface area contributed by atoms with Crippen LogP contribution in [0.3, 0.4) is 0 Å². The van der Waals surface area contributed by atoms with Crippen LogP contribution in [0.15, 0.2) is 0 Å². The molecule has 3 nitrogen and oxygen atoms in total. The fourth-order valence-corrected chi connectivity index (χ4v) is 3.31. The Labute approximate surface area is 115 Å². The van der Waals surface area contributed by atoms with Crippen molar-refractivity contribution < 1.29 is 4.21 Å². The molecule has 0 radical (unpaired) electrons. The average Bonchev–Trinajstić information content (AvgIpc) is 2.28. The Kier molecular flexibility index (Phi) is 7.42. The second kappa shape index (κ2) is 8.28. The van der Waals surface area contributed by atoms with Gasteiger partial charge in [0.05, 0.1) is 0 Å². The molecule has 0 aromatic heterocycles. The van der Waals surface area contributed by atoms with Gasteiger partial charge in [-0.05, 0) is 45.2 Å². The highest BCUT2D eigenvalue weighted by atomic mass is 32.2. The van der Waals surface area contributed by atoms with Crippen molar-refractivity contribution in [3.05, 3.63) is 0 Å². The summed E-state index contributed by atoms with van der Waals surface area (Å²) in [6.07, 6.45) is 5.32. The molecular formula is C14H30N2OS. The molecule has 0 aromatic rings. The lowest BCUT2D eigenvalue weighted by Crippen LogP contribution is -2.46.